The maximum Gasteiger partial charge on any atom is 0.346 e. The fraction of sp³-hybridized carbons (Fsp3) is 0.312. The lowest BCUT2D eigenvalue weighted by molar-refractivity contribution is 0.135. The molecule has 21 heavy (non-hydrogen) atoms. The van der Waals surface area contributed by atoms with E-state index in [0.29, 0.717) is 42.2 Å². The van der Waals surface area contributed by atoms with E-state index in [1.165, 1.54) is 0 Å². The van der Waals surface area contributed by atoms with Crippen LogP contribution < -0.4 is 11.1 Å². The van der Waals surface area contributed by atoms with Crippen molar-refractivity contribution in [2.75, 3.05) is 18.7 Å². The highest BCUT2D eigenvalue weighted by Crippen LogP contribution is 2.35. The third-order valence-electron chi connectivity index (χ3n) is 3.56. The minimum absolute atomic E-state index is 0.356. The highest BCUT2D eigenvalue weighted by Gasteiger charge is 2.23. The molecule has 5 heteroatoms. The molecular weight excluding hydrogens is 270 g/mol. The van der Waals surface area contributed by atoms with Crippen LogP contribution in [0.3, 0.4) is 0 Å². The summed E-state index contributed by atoms with van der Waals surface area (Å²) in [4.78, 5) is 17.8. The van der Waals surface area contributed by atoms with Crippen molar-refractivity contribution >= 4 is 22.2 Å². The summed E-state index contributed by atoms with van der Waals surface area (Å²) in [5.74, 6) is 0.707. The summed E-state index contributed by atoms with van der Waals surface area (Å²) in [6, 6.07) is 7.39. The van der Waals surface area contributed by atoms with Gasteiger partial charge in [0.2, 0.25) is 0 Å². The Kier molecular flexibility index (Phi) is 3.66. The number of rotatable bonds is 4. The van der Waals surface area contributed by atoms with Crippen LogP contribution in [0.15, 0.2) is 39.2 Å². The molecular formula is C16H17NO4. The van der Waals surface area contributed by atoms with Crippen LogP contribution in [0.4, 0.5) is 5.69 Å². The molecule has 1 aromatic heterocycles. The summed E-state index contributed by atoms with van der Waals surface area (Å²) in [6.07, 6.45) is 0.610. The molecule has 3 rings (SSSR count). The molecule has 0 amide bonds. The second kappa shape index (κ2) is 5.61. The first-order chi connectivity index (χ1) is 10.2. The summed E-state index contributed by atoms with van der Waals surface area (Å²) >= 11 is 0. The molecule has 0 bridgehead atoms. The van der Waals surface area contributed by atoms with Crippen LogP contribution in [-0.2, 0) is 9.57 Å². The summed E-state index contributed by atoms with van der Waals surface area (Å²) < 4.78 is 10.7. The van der Waals surface area contributed by atoms with Crippen LogP contribution in [0, 0.1) is 0 Å². The molecule has 0 saturated heterocycles. The second-order valence-corrected chi connectivity index (χ2v) is 4.83. The van der Waals surface area contributed by atoms with Gasteiger partial charge in [0, 0.05) is 24.0 Å². The van der Waals surface area contributed by atoms with E-state index in [1.54, 1.807) is 6.07 Å². The topological polar surface area (TPSA) is 60.7 Å². The molecule has 0 radical (unpaired) electrons. The van der Waals surface area contributed by atoms with E-state index >= 15 is 0 Å². The molecule has 5 nitrogen and oxygen atoms in total. The number of allylic oxidation sites excluding steroid dienone is 1. The van der Waals surface area contributed by atoms with Crippen molar-refractivity contribution in [1.82, 2.24) is 0 Å². The number of nitrogens with one attached hydrogen (secondary N) is 1. The monoisotopic (exact) mass is 287 g/mol. The molecule has 0 atom stereocenters. The average Bonchev–Trinajstić information content (AvgIpc) is 2.49. The predicted octanol–water partition coefficient (Wildman–Crippen LogP) is 3.31. The van der Waals surface area contributed by atoms with Crippen LogP contribution in [0.5, 0.6) is 0 Å². The Hall–Kier alpha value is -2.27. The number of hydrogen-bond donors (Lipinski definition) is 1. The number of anilines is 1. The maximum absolute atomic E-state index is 12.2. The van der Waals surface area contributed by atoms with Gasteiger partial charge in [-0.2, -0.15) is 0 Å². The van der Waals surface area contributed by atoms with Crippen molar-refractivity contribution in [3.8, 4) is 0 Å². The van der Waals surface area contributed by atoms with Gasteiger partial charge >= 0.3 is 5.63 Å². The maximum atomic E-state index is 12.2. The third-order valence-corrected chi connectivity index (χ3v) is 3.56. The molecule has 0 saturated carbocycles. The Bertz CT molecular complexity index is 760. The van der Waals surface area contributed by atoms with Crippen LogP contribution in [0.1, 0.15) is 25.8 Å². The lowest BCUT2D eigenvalue weighted by atomic mass is 10.0. The van der Waals surface area contributed by atoms with E-state index in [-0.39, 0.29) is 5.63 Å². The summed E-state index contributed by atoms with van der Waals surface area (Å²) in [6.45, 7) is 5.02. The highest BCUT2D eigenvalue weighted by molar-refractivity contribution is 5.96. The number of ether oxygens (including phenoxy) is 1. The quantitative estimate of drug-likeness (QED) is 0.690. The fourth-order valence-corrected chi connectivity index (χ4v) is 2.47. The van der Waals surface area contributed by atoms with Crippen LogP contribution in [-0.4, -0.2) is 13.2 Å². The first-order valence-corrected chi connectivity index (χ1v) is 6.99. The molecule has 0 aliphatic carbocycles. The van der Waals surface area contributed by atoms with Crippen LogP contribution >= 0.6 is 0 Å². The Morgan fingerprint density at radius 3 is 2.90 bits per heavy atom. The minimum Gasteiger partial charge on any atom is -0.422 e. The Labute approximate surface area is 122 Å². The number of hydrogen-bond acceptors (Lipinski definition) is 5. The van der Waals surface area contributed by atoms with E-state index in [0.717, 1.165) is 11.0 Å². The van der Waals surface area contributed by atoms with Crippen LogP contribution in [0.25, 0.3) is 16.5 Å². The predicted molar refractivity (Wildman–Crippen MR) is 80.9 cm³/mol. The van der Waals surface area contributed by atoms with Gasteiger partial charge in [-0.3, -0.25) is 0 Å². The molecule has 1 N–H and O–H groups in total. The highest BCUT2D eigenvalue weighted by atomic mass is 16.7. The van der Waals surface area contributed by atoms with Gasteiger partial charge in [-0.15, -0.1) is 0 Å². The smallest absolute Gasteiger partial charge is 0.346 e. The zero-order valence-electron chi connectivity index (χ0n) is 12.1. The van der Waals surface area contributed by atoms with Gasteiger partial charge in [-0.1, -0.05) is 12.1 Å². The van der Waals surface area contributed by atoms with Gasteiger partial charge in [0.05, 0.1) is 17.9 Å². The second-order valence-electron chi connectivity index (χ2n) is 4.83. The Morgan fingerprint density at radius 1 is 1.29 bits per heavy atom. The van der Waals surface area contributed by atoms with Gasteiger partial charge < -0.3 is 14.0 Å². The molecule has 0 spiro atoms. The van der Waals surface area contributed by atoms with E-state index < -0.39 is 0 Å². The molecule has 1 aromatic carbocycles. The zero-order valence-corrected chi connectivity index (χ0v) is 12.1. The zero-order chi connectivity index (χ0) is 14.8. The molecule has 2 aromatic rings. The first kappa shape index (κ1) is 13.7. The van der Waals surface area contributed by atoms with Crippen LogP contribution in [0.2, 0.25) is 0 Å². The number of benzene rings is 1. The van der Waals surface area contributed by atoms with Gasteiger partial charge in [0.1, 0.15) is 11.3 Å². The van der Waals surface area contributed by atoms with E-state index in [4.69, 9.17) is 14.0 Å². The van der Waals surface area contributed by atoms with Gasteiger partial charge in [-0.05, 0) is 26.0 Å². The normalized spacial score (nSPS) is 13.8. The number of fused-ring (bicyclic) bond motifs is 3. The molecule has 110 valence electrons. The Morgan fingerprint density at radius 2 is 2.10 bits per heavy atom. The van der Waals surface area contributed by atoms with Crippen molar-refractivity contribution in [2.24, 2.45) is 0 Å². The third kappa shape index (κ3) is 2.40. The summed E-state index contributed by atoms with van der Waals surface area (Å²) in [7, 11) is 0. The largest absolute Gasteiger partial charge is 0.422 e. The standard InChI is InChI=1S/C16H17NO4/c1-3-19-9-8-12-10(2)14-15(17-21-12)11-6-4-5-7-13(11)20-16(14)18/h4-7,17H,3,8-9H2,1-2H3. The SMILES string of the molecule is CCOCCC1=C(C)c2c(c3ccccc3oc2=O)NO1. The summed E-state index contributed by atoms with van der Waals surface area (Å²) in [5.41, 5.74) is 5.06. The minimum atomic E-state index is -0.356. The first-order valence-electron chi connectivity index (χ1n) is 6.99. The number of para-hydroxylation sites is 1. The van der Waals surface area contributed by atoms with Crippen molar-refractivity contribution in [3.05, 3.63) is 46.0 Å². The van der Waals surface area contributed by atoms with E-state index in [2.05, 4.69) is 5.48 Å². The van der Waals surface area contributed by atoms with Crippen molar-refractivity contribution < 1.29 is 14.0 Å². The van der Waals surface area contributed by atoms with Crippen molar-refractivity contribution in [3.63, 3.8) is 0 Å². The Balaban J connectivity index is 2.09. The average molecular weight is 287 g/mol. The molecule has 1 aliphatic heterocycles. The van der Waals surface area contributed by atoms with Crippen molar-refractivity contribution in [2.45, 2.75) is 20.3 Å². The summed E-state index contributed by atoms with van der Waals surface area (Å²) in [5, 5.41) is 0.829. The lowest BCUT2D eigenvalue weighted by Gasteiger charge is -2.22. The van der Waals surface area contributed by atoms with Gasteiger partial charge in [-0.25, -0.2) is 10.3 Å². The molecule has 0 unspecified atom stereocenters. The molecule has 2 heterocycles. The molecule has 1 aliphatic rings. The lowest BCUT2D eigenvalue weighted by Crippen LogP contribution is -2.19. The van der Waals surface area contributed by atoms with E-state index in [9.17, 15) is 4.79 Å². The molecule has 0 fully saturated rings. The fourth-order valence-electron chi connectivity index (χ4n) is 2.47. The van der Waals surface area contributed by atoms with Crippen molar-refractivity contribution in [1.29, 1.82) is 0 Å². The van der Waals surface area contributed by atoms with E-state index in [1.807, 2.05) is 32.0 Å². The van der Waals surface area contributed by atoms with Gasteiger partial charge in [0.15, 0.2) is 0 Å². The van der Waals surface area contributed by atoms with Gasteiger partial charge in [0.25, 0.3) is 0 Å².